The van der Waals surface area contributed by atoms with Crippen LogP contribution >= 0.6 is 0 Å². The highest BCUT2D eigenvalue weighted by Gasteiger charge is 2.36. The molecule has 2 fully saturated rings. The summed E-state index contributed by atoms with van der Waals surface area (Å²) in [4.78, 5) is 4.96. The zero-order chi connectivity index (χ0) is 13.6. The van der Waals surface area contributed by atoms with Crippen LogP contribution in [0, 0.1) is 5.41 Å². The van der Waals surface area contributed by atoms with E-state index in [2.05, 4.69) is 15.1 Å². The van der Waals surface area contributed by atoms with Gasteiger partial charge in [0, 0.05) is 44.7 Å². The Balaban J connectivity index is 1.84. The molecule has 0 amide bonds. The molecule has 0 aromatic heterocycles. The average molecular weight is 271 g/mol. The fourth-order valence-corrected chi connectivity index (χ4v) is 3.37. The van der Waals surface area contributed by atoms with E-state index in [-0.39, 0.29) is 6.61 Å². The molecule has 0 saturated carbocycles. The first-order valence-corrected chi connectivity index (χ1v) is 7.56. The van der Waals surface area contributed by atoms with Crippen LogP contribution in [-0.4, -0.2) is 87.6 Å². The van der Waals surface area contributed by atoms with Gasteiger partial charge in [0.2, 0.25) is 0 Å². The maximum atomic E-state index is 9.04. The molecule has 2 rings (SSSR count). The minimum Gasteiger partial charge on any atom is -0.395 e. The predicted octanol–water partition coefficient (Wildman–Crippen LogP) is -0.387. The number of aliphatic hydroxyl groups is 1. The third kappa shape index (κ3) is 4.39. The molecule has 1 atom stereocenters. The molecule has 2 saturated heterocycles. The maximum Gasteiger partial charge on any atom is 0.0558 e. The highest BCUT2D eigenvalue weighted by atomic mass is 16.5. The van der Waals surface area contributed by atoms with Crippen LogP contribution in [-0.2, 0) is 4.74 Å². The molecule has 0 spiro atoms. The Morgan fingerprint density at radius 3 is 2.68 bits per heavy atom. The highest BCUT2D eigenvalue weighted by molar-refractivity contribution is 4.89. The van der Waals surface area contributed by atoms with Crippen molar-refractivity contribution in [1.82, 2.24) is 15.1 Å². The molecule has 2 aliphatic heterocycles. The zero-order valence-electron chi connectivity index (χ0n) is 12.2. The van der Waals surface area contributed by atoms with E-state index in [0.29, 0.717) is 5.41 Å². The number of ether oxygens (including phenoxy) is 1. The molecule has 2 aliphatic rings. The summed E-state index contributed by atoms with van der Waals surface area (Å²) in [5.74, 6) is 0. The van der Waals surface area contributed by atoms with E-state index in [1.165, 1.54) is 19.4 Å². The molecule has 1 unspecified atom stereocenters. The highest BCUT2D eigenvalue weighted by Crippen LogP contribution is 2.29. The Morgan fingerprint density at radius 2 is 2.00 bits per heavy atom. The lowest BCUT2D eigenvalue weighted by Gasteiger charge is -2.33. The summed E-state index contributed by atoms with van der Waals surface area (Å²) in [5.41, 5.74) is 0.306. The van der Waals surface area contributed by atoms with Crippen molar-refractivity contribution in [3.63, 3.8) is 0 Å². The molecule has 5 nitrogen and oxygen atoms in total. The van der Waals surface area contributed by atoms with Crippen LogP contribution in [0.2, 0.25) is 0 Å². The molecule has 2 N–H and O–H groups in total. The Hall–Kier alpha value is -0.200. The predicted molar refractivity (Wildman–Crippen MR) is 76.4 cm³/mol. The molecule has 2 heterocycles. The SMILES string of the molecule is CNCC1(CN2CCCN(CCO)CC2)CCOC1. The van der Waals surface area contributed by atoms with Crippen LogP contribution in [0.3, 0.4) is 0 Å². The topological polar surface area (TPSA) is 48.0 Å². The molecule has 0 aromatic rings. The van der Waals surface area contributed by atoms with Gasteiger partial charge >= 0.3 is 0 Å². The molecule has 5 heteroatoms. The smallest absolute Gasteiger partial charge is 0.0558 e. The Morgan fingerprint density at radius 1 is 1.21 bits per heavy atom. The Bertz CT molecular complexity index is 257. The lowest BCUT2D eigenvalue weighted by Crippen LogP contribution is -2.45. The van der Waals surface area contributed by atoms with Crippen LogP contribution < -0.4 is 5.32 Å². The Labute approximate surface area is 116 Å². The number of nitrogens with one attached hydrogen (secondary N) is 1. The van der Waals surface area contributed by atoms with Crippen LogP contribution in [0.5, 0.6) is 0 Å². The van der Waals surface area contributed by atoms with Gasteiger partial charge in [-0.3, -0.25) is 4.90 Å². The number of β-amino-alcohol motifs (C(OH)–C–C–N with tert-alkyl or cyclic N) is 1. The number of hydrogen-bond donors (Lipinski definition) is 2. The van der Waals surface area contributed by atoms with E-state index in [4.69, 9.17) is 9.84 Å². The van der Waals surface area contributed by atoms with Crippen molar-refractivity contribution in [3.05, 3.63) is 0 Å². The van der Waals surface area contributed by atoms with E-state index in [1.807, 2.05) is 7.05 Å². The number of aliphatic hydroxyl groups excluding tert-OH is 1. The van der Waals surface area contributed by atoms with Crippen molar-refractivity contribution in [2.45, 2.75) is 12.8 Å². The van der Waals surface area contributed by atoms with Gasteiger partial charge in [0.05, 0.1) is 13.2 Å². The van der Waals surface area contributed by atoms with Crippen LogP contribution in [0.4, 0.5) is 0 Å². The van der Waals surface area contributed by atoms with Crippen molar-refractivity contribution in [3.8, 4) is 0 Å². The van der Waals surface area contributed by atoms with Gasteiger partial charge in [-0.25, -0.2) is 0 Å². The third-order valence-corrected chi connectivity index (χ3v) is 4.39. The normalized spacial score (nSPS) is 30.6. The largest absolute Gasteiger partial charge is 0.395 e. The fourth-order valence-electron chi connectivity index (χ4n) is 3.37. The summed E-state index contributed by atoms with van der Waals surface area (Å²) >= 11 is 0. The van der Waals surface area contributed by atoms with Crippen LogP contribution in [0.25, 0.3) is 0 Å². The summed E-state index contributed by atoms with van der Waals surface area (Å²) in [6.07, 6.45) is 2.38. The molecule has 19 heavy (non-hydrogen) atoms. The van der Waals surface area contributed by atoms with E-state index in [1.54, 1.807) is 0 Å². The van der Waals surface area contributed by atoms with E-state index in [9.17, 15) is 0 Å². The first kappa shape index (κ1) is 15.2. The molecule has 112 valence electrons. The van der Waals surface area contributed by atoms with Crippen LogP contribution in [0.15, 0.2) is 0 Å². The number of rotatable bonds is 6. The summed E-state index contributed by atoms with van der Waals surface area (Å²) in [6, 6.07) is 0. The molecule has 0 bridgehead atoms. The van der Waals surface area contributed by atoms with Gasteiger partial charge in [0.25, 0.3) is 0 Å². The fraction of sp³-hybridized carbons (Fsp3) is 1.00. The van der Waals surface area contributed by atoms with Gasteiger partial charge in [-0.15, -0.1) is 0 Å². The quantitative estimate of drug-likeness (QED) is 0.689. The summed E-state index contributed by atoms with van der Waals surface area (Å²) < 4.78 is 5.64. The molecule has 0 aliphatic carbocycles. The number of hydrogen-bond acceptors (Lipinski definition) is 5. The van der Waals surface area contributed by atoms with Crippen molar-refractivity contribution in [1.29, 1.82) is 0 Å². The summed E-state index contributed by atoms with van der Waals surface area (Å²) in [7, 11) is 2.03. The maximum absolute atomic E-state index is 9.04. The second-order valence-corrected chi connectivity index (χ2v) is 6.03. The third-order valence-electron chi connectivity index (χ3n) is 4.39. The summed E-state index contributed by atoms with van der Waals surface area (Å²) in [5, 5.41) is 12.4. The van der Waals surface area contributed by atoms with Gasteiger partial charge in [0.15, 0.2) is 0 Å². The minimum absolute atomic E-state index is 0.275. The van der Waals surface area contributed by atoms with Gasteiger partial charge in [-0.2, -0.15) is 0 Å². The van der Waals surface area contributed by atoms with Crippen molar-refractivity contribution >= 4 is 0 Å². The zero-order valence-corrected chi connectivity index (χ0v) is 12.2. The van der Waals surface area contributed by atoms with E-state index >= 15 is 0 Å². The van der Waals surface area contributed by atoms with Crippen molar-refractivity contribution in [2.75, 3.05) is 72.7 Å². The lowest BCUT2D eigenvalue weighted by molar-refractivity contribution is 0.110. The lowest BCUT2D eigenvalue weighted by atomic mass is 9.86. The number of nitrogens with zero attached hydrogens (tertiary/aromatic N) is 2. The first-order chi connectivity index (χ1) is 9.28. The van der Waals surface area contributed by atoms with Crippen molar-refractivity contribution in [2.24, 2.45) is 5.41 Å². The van der Waals surface area contributed by atoms with Gasteiger partial charge in [0.1, 0.15) is 0 Å². The van der Waals surface area contributed by atoms with E-state index < -0.39 is 0 Å². The molecule has 0 radical (unpaired) electrons. The van der Waals surface area contributed by atoms with E-state index in [0.717, 1.165) is 52.5 Å². The second-order valence-electron chi connectivity index (χ2n) is 6.03. The molecule has 0 aromatic carbocycles. The monoisotopic (exact) mass is 271 g/mol. The second kappa shape index (κ2) is 7.55. The van der Waals surface area contributed by atoms with Gasteiger partial charge in [-0.05, 0) is 33.0 Å². The van der Waals surface area contributed by atoms with Crippen LogP contribution in [0.1, 0.15) is 12.8 Å². The first-order valence-electron chi connectivity index (χ1n) is 7.56. The Kier molecular flexibility index (Phi) is 6.04. The minimum atomic E-state index is 0.275. The molecular weight excluding hydrogens is 242 g/mol. The van der Waals surface area contributed by atoms with Crippen molar-refractivity contribution < 1.29 is 9.84 Å². The average Bonchev–Trinajstić information content (AvgIpc) is 2.73. The van der Waals surface area contributed by atoms with Gasteiger partial charge in [-0.1, -0.05) is 0 Å². The van der Waals surface area contributed by atoms with Gasteiger partial charge < -0.3 is 20.1 Å². The standard InChI is InChI=1S/C14H29N3O2/c1-15-11-14(3-10-19-13-14)12-17-5-2-4-16(6-7-17)8-9-18/h15,18H,2-13H2,1H3. The molecular formula is C14H29N3O2. The summed E-state index contributed by atoms with van der Waals surface area (Å²) in [6.45, 7) is 9.57.